The summed E-state index contributed by atoms with van der Waals surface area (Å²) < 4.78 is 47.8. The Morgan fingerprint density at radius 3 is 1.98 bits per heavy atom. The monoisotopic (exact) mass is 593 g/mol. The van der Waals surface area contributed by atoms with Gasteiger partial charge in [0.25, 0.3) is 5.91 Å². The van der Waals surface area contributed by atoms with Crippen molar-refractivity contribution in [3.63, 3.8) is 0 Å². The Bertz CT molecular complexity index is 1370. The first-order valence-corrected chi connectivity index (χ1v) is 13.0. The molecule has 1 aliphatic rings. The van der Waals surface area contributed by atoms with Crippen LogP contribution in [0.25, 0.3) is 10.9 Å². The number of halogens is 3. The fourth-order valence-corrected chi connectivity index (χ4v) is 4.51. The maximum absolute atomic E-state index is 12.9. The molecule has 1 aliphatic carbocycles. The number of benzene rings is 2. The lowest BCUT2D eigenvalue weighted by Crippen LogP contribution is -2.40. The average Bonchev–Trinajstić information content (AvgIpc) is 2.96. The number of rotatable bonds is 8. The van der Waals surface area contributed by atoms with E-state index in [2.05, 4.69) is 10.6 Å². The molecule has 4 rings (SSSR count). The number of alkyl halides is 3. The molecule has 11 nitrogen and oxygen atoms in total. The van der Waals surface area contributed by atoms with E-state index >= 15 is 0 Å². The first-order valence-electron chi connectivity index (χ1n) is 13.0. The van der Waals surface area contributed by atoms with Crippen molar-refractivity contribution < 1.29 is 42.1 Å². The molecule has 1 amide bonds. The van der Waals surface area contributed by atoms with E-state index in [-0.39, 0.29) is 18.0 Å². The van der Waals surface area contributed by atoms with Crippen LogP contribution in [0.2, 0.25) is 0 Å². The van der Waals surface area contributed by atoms with Crippen molar-refractivity contribution in [1.82, 2.24) is 15.3 Å². The van der Waals surface area contributed by atoms with E-state index in [1.807, 2.05) is 43.3 Å². The number of nitrogens with one attached hydrogen (secondary N) is 2. The Morgan fingerprint density at radius 2 is 1.48 bits per heavy atom. The summed E-state index contributed by atoms with van der Waals surface area (Å²) in [5.74, 6) is -0.00963. The fourth-order valence-electron chi connectivity index (χ4n) is 4.51. The average molecular weight is 594 g/mol. The minimum Gasteiger partial charge on any atom is -0.493 e. The summed E-state index contributed by atoms with van der Waals surface area (Å²) in [4.78, 5) is 33.3. The van der Waals surface area contributed by atoms with Gasteiger partial charge in [-0.25, -0.2) is 9.78 Å². The lowest BCUT2D eigenvalue weighted by molar-refractivity contribution is -0.192. The largest absolute Gasteiger partial charge is 0.493 e. The van der Waals surface area contributed by atoms with Gasteiger partial charge in [-0.05, 0) is 49.9 Å². The molecule has 3 aromatic rings. The third-order valence-electron chi connectivity index (χ3n) is 6.57. The van der Waals surface area contributed by atoms with Crippen LogP contribution in [0.1, 0.15) is 36.0 Å². The van der Waals surface area contributed by atoms with E-state index in [0.29, 0.717) is 28.8 Å². The number of aromatic nitrogens is 2. The highest BCUT2D eigenvalue weighted by Crippen LogP contribution is 2.38. The summed E-state index contributed by atoms with van der Waals surface area (Å²) in [6, 6.07) is 11.7. The Hall–Kier alpha value is -4.49. The zero-order chi connectivity index (χ0) is 31.0. The molecule has 0 radical (unpaired) electrons. The number of fused-ring (bicyclic) bond motifs is 1. The van der Waals surface area contributed by atoms with Gasteiger partial charge in [-0.2, -0.15) is 18.2 Å². The minimum atomic E-state index is -5.08. The highest BCUT2D eigenvalue weighted by atomic mass is 19.4. The highest BCUT2D eigenvalue weighted by Gasteiger charge is 2.38. The van der Waals surface area contributed by atoms with E-state index < -0.39 is 12.1 Å². The van der Waals surface area contributed by atoms with Crippen molar-refractivity contribution >= 4 is 34.5 Å². The molecule has 0 aliphatic heterocycles. The van der Waals surface area contributed by atoms with Crippen molar-refractivity contribution in [2.75, 3.05) is 45.6 Å². The molecule has 0 atom stereocenters. The van der Waals surface area contributed by atoms with E-state index in [0.717, 1.165) is 42.4 Å². The molecule has 1 fully saturated rings. The zero-order valence-corrected chi connectivity index (χ0v) is 23.9. The second-order valence-corrected chi connectivity index (χ2v) is 9.67. The van der Waals surface area contributed by atoms with Crippen molar-refractivity contribution in [3.8, 4) is 17.2 Å². The van der Waals surface area contributed by atoms with E-state index in [1.54, 1.807) is 12.1 Å². The Labute approximate surface area is 241 Å². The topological polar surface area (TPSA) is 135 Å². The van der Waals surface area contributed by atoms with Crippen molar-refractivity contribution in [2.24, 2.45) is 0 Å². The van der Waals surface area contributed by atoms with Crippen LogP contribution in [0.3, 0.4) is 0 Å². The first-order chi connectivity index (χ1) is 19.9. The van der Waals surface area contributed by atoms with E-state index in [9.17, 15) is 18.0 Å². The van der Waals surface area contributed by atoms with Crippen LogP contribution in [-0.2, 0) is 4.79 Å². The maximum Gasteiger partial charge on any atom is 0.490 e. The molecule has 0 saturated heterocycles. The molecule has 0 unspecified atom stereocenters. The number of ether oxygens (including phenoxy) is 3. The van der Waals surface area contributed by atoms with Gasteiger partial charge in [-0.1, -0.05) is 12.1 Å². The summed E-state index contributed by atoms with van der Waals surface area (Å²) in [5.41, 5.74) is 1.39. The number of hydrogen-bond donors (Lipinski definition) is 3. The third-order valence-corrected chi connectivity index (χ3v) is 6.57. The smallest absolute Gasteiger partial charge is 0.490 e. The molecule has 228 valence electrons. The van der Waals surface area contributed by atoms with Crippen molar-refractivity contribution in [3.05, 3.63) is 42.0 Å². The van der Waals surface area contributed by atoms with E-state index in [1.165, 1.54) is 21.3 Å². The fraction of sp³-hybridized carbons (Fsp3) is 0.429. The van der Waals surface area contributed by atoms with Gasteiger partial charge in [0.15, 0.2) is 11.5 Å². The molecule has 0 bridgehead atoms. The lowest BCUT2D eigenvalue weighted by atomic mass is 9.91. The predicted octanol–water partition coefficient (Wildman–Crippen LogP) is 4.51. The molecule has 2 aromatic carbocycles. The summed E-state index contributed by atoms with van der Waals surface area (Å²) in [5, 5.41) is 14.8. The summed E-state index contributed by atoms with van der Waals surface area (Å²) in [6.45, 7) is 0. The molecule has 1 aromatic heterocycles. The molecule has 3 N–H and O–H groups in total. The van der Waals surface area contributed by atoms with E-state index in [4.69, 9.17) is 34.1 Å². The van der Waals surface area contributed by atoms with Crippen LogP contribution in [0.5, 0.6) is 17.2 Å². The van der Waals surface area contributed by atoms with Gasteiger partial charge in [0.05, 0.1) is 26.8 Å². The van der Waals surface area contributed by atoms with Crippen molar-refractivity contribution in [1.29, 1.82) is 0 Å². The van der Waals surface area contributed by atoms with Gasteiger partial charge in [-0.3, -0.25) is 4.79 Å². The molecule has 14 heteroatoms. The summed E-state index contributed by atoms with van der Waals surface area (Å²) in [6.07, 6.45) is -1.54. The number of amides is 1. The van der Waals surface area contributed by atoms with Crippen LogP contribution in [0.4, 0.5) is 24.9 Å². The highest BCUT2D eigenvalue weighted by molar-refractivity contribution is 5.96. The first kappa shape index (κ1) is 32.0. The molecule has 0 spiro atoms. The number of carbonyl (C=O) groups is 2. The lowest BCUT2D eigenvalue weighted by Gasteiger charge is -2.30. The summed E-state index contributed by atoms with van der Waals surface area (Å²) >= 11 is 0. The van der Waals surface area contributed by atoms with Crippen LogP contribution >= 0.6 is 0 Å². The molecule has 42 heavy (non-hydrogen) atoms. The Balaban J connectivity index is 0.000000616. The Kier molecular flexibility index (Phi) is 10.6. The second-order valence-electron chi connectivity index (χ2n) is 9.67. The SMILES string of the molecule is COc1cc(C(=O)NC2CCC(Nc3nc(N(C)C)c4ccccc4n3)CC2)cc(OC)c1OC.O=C(O)C(F)(F)F. The predicted molar refractivity (Wildman–Crippen MR) is 151 cm³/mol. The van der Waals surface area contributed by atoms with Gasteiger partial charge in [-0.15, -0.1) is 0 Å². The number of anilines is 2. The van der Waals surface area contributed by atoms with Gasteiger partial charge < -0.3 is 34.9 Å². The Morgan fingerprint density at radius 1 is 0.929 bits per heavy atom. The number of hydrogen-bond acceptors (Lipinski definition) is 9. The molecule has 1 saturated carbocycles. The summed E-state index contributed by atoms with van der Waals surface area (Å²) in [7, 11) is 8.58. The van der Waals surface area contributed by atoms with Crippen LogP contribution < -0.4 is 29.7 Å². The number of para-hydroxylation sites is 1. The number of aliphatic carboxylic acids is 1. The number of carbonyl (C=O) groups excluding carboxylic acids is 1. The quantitative estimate of drug-likeness (QED) is 0.342. The van der Waals surface area contributed by atoms with Gasteiger partial charge in [0.1, 0.15) is 5.82 Å². The van der Waals surface area contributed by atoms with Gasteiger partial charge in [0, 0.05) is 37.1 Å². The molecule has 1 heterocycles. The van der Waals surface area contributed by atoms with Gasteiger partial charge >= 0.3 is 12.1 Å². The normalized spacial score (nSPS) is 16.5. The van der Waals surface area contributed by atoms with Crippen LogP contribution in [-0.4, -0.2) is 80.6 Å². The van der Waals surface area contributed by atoms with Crippen molar-refractivity contribution in [2.45, 2.75) is 43.9 Å². The molecular weight excluding hydrogens is 559 g/mol. The second kappa shape index (κ2) is 13.9. The third kappa shape index (κ3) is 8.04. The zero-order valence-electron chi connectivity index (χ0n) is 23.9. The van der Waals surface area contributed by atoms with Crippen LogP contribution in [0, 0.1) is 0 Å². The van der Waals surface area contributed by atoms with Crippen LogP contribution in [0.15, 0.2) is 36.4 Å². The number of carboxylic acid groups (broad SMARTS) is 1. The number of carboxylic acids is 1. The minimum absolute atomic E-state index is 0.0921. The number of nitrogens with zero attached hydrogens (tertiary/aromatic N) is 3. The molecular formula is C28H34F3N5O6. The maximum atomic E-state index is 12.9. The standard InChI is InChI=1S/C26H33N5O4.C2HF3O2/c1-31(2)24-19-8-6-7-9-20(19)29-26(30-24)28-18-12-10-17(11-13-18)27-25(32)16-14-21(33-3)23(35-5)22(15-16)34-4;3-2(4,5)1(6)7/h6-9,14-15,17-18H,10-13H2,1-5H3,(H,27,32)(H,28,29,30);(H,6,7). The van der Waals surface area contributed by atoms with Gasteiger partial charge in [0.2, 0.25) is 11.7 Å². The number of methoxy groups -OCH3 is 3.